The van der Waals surface area contributed by atoms with Gasteiger partial charge in [-0.25, -0.2) is 17.5 Å². The number of carbonyl (C=O) groups is 2. The zero-order valence-corrected chi connectivity index (χ0v) is 19.6. The van der Waals surface area contributed by atoms with Crippen LogP contribution in [0.1, 0.15) is 22.8 Å². The second-order valence-corrected chi connectivity index (χ2v) is 9.65. The van der Waals surface area contributed by atoms with E-state index in [1.54, 1.807) is 25.1 Å². The lowest BCUT2D eigenvalue weighted by Gasteiger charge is -2.17. The third-order valence-electron chi connectivity index (χ3n) is 4.29. The Kier molecular flexibility index (Phi) is 7.62. The monoisotopic (exact) mass is 498 g/mol. The van der Waals surface area contributed by atoms with Crippen LogP contribution in [-0.4, -0.2) is 51.9 Å². The van der Waals surface area contributed by atoms with Crippen LogP contribution in [0.15, 0.2) is 45.8 Å². The number of ether oxygens (including phenoxy) is 2. The third-order valence-corrected chi connectivity index (χ3v) is 6.79. The van der Waals surface area contributed by atoms with E-state index in [4.69, 9.17) is 9.47 Å². The first-order chi connectivity index (χ1) is 14.0. The zero-order valence-electron chi connectivity index (χ0n) is 17.2. The Hall–Kier alpha value is -2.43. The van der Waals surface area contributed by atoms with Gasteiger partial charge < -0.3 is 14.8 Å². The number of amides is 1. The van der Waals surface area contributed by atoms with E-state index in [1.807, 2.05) is 0 Å². The molecule has 2 rings (SSSR count). The second kappa shape index (κ2) is 9.59. The molecule has 0 aromatic heterocycles. The van der Waals surface area contributed by atoms with Gasteiger partial charge in [0, 0.05) is 24.3 Å². The molecule has 0 radical (unpaired) electrons. The standard InChI is InChI=1S/C20H23BrN2O6S/c1-12-6-8-15(30(26,27)23(3)4)11-18(12)22-19(24)13(2)29-20(25)16-10-14(28-5)7-9-17(16)21/h6-11,13H,1-5H3,(H,22,24). The van der Waals surface area contributed by atoms with E-state index >= 15 is 0 Å². The van der Waals surface area contributed by atoms with Gasteiger partial charge >= 0.3 is 5.97 Å². The summed E-state index contributed by atoms with van der Waals surface area (Å²) >= 11 is 3.27. The van der Waals surface area contributed by atoms with Crippen LogP contribution < -0.4 is 10.1 Å². The van der Waals surface area contributed by atoms with Gasteiger partial charge in [-0.05, 0) is 65.7 Å². The molecule has 0 bridgehead atoms. The molecule has 0 heterocycles. The van der Waals surface area contributed by atoms with Crippen molar-refractivity contribution < 1.29 is 27.5 Å². The number of anilines is 1. The Bertz CT molecular complexity index is 1070. The van der Waals surface area contributed by atoms with Crippen molar-refractivity contribution in [3.63, 3.8) is 0 Å². The van der Waals surface area contributed by atoms with Crippen molar-refractivity contribution in [3.8, 4) is 5.75 Å². The molecular weight excluding hydrogens is 476 g/mol. The zero-order chi connectivity index (χ0) is 22.6. The van der Waals surface area contributed by atoms with Gasteiger partial charge in [0.15, 0.2) is 6.10 Å². The largest absolute Gasteiger partial charge is 0.497 e. The lowest BCUT2D eigenvalue weighted by molar-refractivity contribution is -0.123. The van der Waals surface area contributed by atoms with E-state index in [0.717, 1.165) is 4.31 Å². The SMILES string of the molecule is COc1ccc(Br)c(C(=O)OC(C)C(=O)Nc2cc(S(=O)(=O)N(C)C)ccc2C)c1. The highest BCUT2D eigenvalue weighted by molar-refractivity contribution is 9.10. The molecule has 0 aliphatic heterocycles. The summed E-state index contributed by atoms with van der Waals surface area (Å²) in [6.45, 7) is 3.16. The molecule has 1 unspecified atom stereocenters. The number of hydrogen-bond donors (Lipinski definition) is 1. The summed E-state index contributed by atoms with van der Waals surface area (Å²) in [5.41, 5.74) is 1.19. The van der Waals surface area contributed by atoms with E-state index < -0.39 is 28.0 Å². The van der Waals surface area contributed by atoms with Gasteiger partial charge in [-0.3, -0.25) is 4.79 Å². The predicted molar refractivity (Wildman–Crippen MR) is 116 cm³/mol. The van der Waals surface area contributed by atoms with Crippen molar-refractivity contribution in [2.24, 2.45) is 0 Å². The third kappa shape index (κ3) is 5.38. The number of nitrogens with one attached hydrogen (secondary N) is 1. The van der Waals surface area contributed by atoms with Crippen LogP contribution >= 0.6 is 15.9 Å². The van der Waals surface area contributed by atoms with Crippen molar-refractivity contribution in [2.75, 3.05) is 26.5 Å². The average molecular weight is 499 g/mol. The minimum Gasteiger partial charge on any atom is -0.497 e. The maximum Gasteiger partial charge on any atom is 0.340 e. The Morgan fingerprint density at radius 1 is 1.13 bits per heavy atom. The summed E-state index contributed by atoms with van der Waals surface area (Å²) in [4.78, 5) is 25.0. The molecule has 10 heteroatoms. The topological polar surface area (TPSA) is 102 Å². The summed E-state index contributed by atoms with van der Waals surface area (Å²) in [6.07, 6.45) is -1.12. The molecular formula is C20H23BrN2O6S. The number of rotatable bonds is 7. The molecule has 0 aliphatic rings. The Morgan fingerprint density at radius 3 is 2.40 bits per heavy atom. The van der Waals surface area contributed by atoms with Gasteiger partial charge in [-0.1, -0.05) is 6.07 Å². The highest BCUT2D eigenvalue weighted by atomic mass is 79.9. The van der Waals surface area contributed by atoms with Crippen molar-refractivity contribution in [2.45, 2.75) is 24.8 Å². The molecule has 1 atom stereocenters. The molecule has 0 aliphatic carbocycles. The number of benzene rings is 2. The Balaban J connectivity index is 2.17. The number of halogens is 1. The van der Waals surface area contributed by atoms with Crippen LogP contribution in [-0.2, 0) is 19.6 Å². The summed E-state index contributed by atoms with van der Waals surface area (Å²) in [5.74, 6) is -0.828. The summed E-state index contributed by atoms with van der Waals surface area (Å²) < 4.78 is 36.6. The molecule has 0 saturated heterocycles. The van der Waals surface area contributed by atoms with Gasteiger partial charge in [0.05, 0.1) is 17.6 Å². The first-order valence-electron chi connectivity index (χ1n) is 8.86. The minimum atomic E-state index is -3.66. The summed E-state index contributed by atoms with van der Waals surface area (Å²) in [6, 6.07) is 9.24. The predicted octanol–water partition coefficient (Wildman–Crippen LogP) is 3.20. The first kappa shape index (κ1) is 23.8. The number of carbonyl (C=O) groups excluding carboxylic acids is 2. The number of nitrogens with zero attached hydrogens (tertiary/aromatic N) is 1. The van der Waals surface area contributed by atoms with Crippen LogP contribution in [0.5, 0.6) is 5.75 Å². The Morgan fingerprint density at radius 2 is 1.80 bits per heavy atom. The number of sulfonamides is 1. The second-order valence-electron chi connectivity index (χ2n) is 6.65. The molecule has 0 spiro atoms. The van der Waals surface area contributed by atoms with Gasteiger partial charge in [0.25, 0.3) is 5.91 Å². The van der Waals surface area contributed by atoms with Crippen LogP contribution in [0.2, 0.25) is 0 Å². The van der Waals surface area contributed by atoms with Crippen molar-refractivity contribution >= 4 is 43.5 Å². The lowest BCUT2D eigenvalue weighted by Crippen LogP contribution is -2.30. The smallest absolute Gasteiger partial charge is 0.340 e. The fourth-order valence-corrected chi connectivity index (χ4v) is 3.74. The molecule has 2 aromatic rings. The van der Waals surface area contributed by atoms with E-state index in [1.165, 1.54) is 46.3 Å². The van der Waals surface area contributed by atoms with Crippen molar-refractivity contribution in [1.82, 2.24) is 4.31 Å². The van der Waals surface area contributed by atoms with E-state index in [2.05, 4.69) is 21.2 Å². The number of esters is 1. The maximum atomic E-state index is 12.5. The molecule has 0 fully saturated rings. The molecule has 162 valence electrons. The van der Waals surface area contributed by atoms with E-state index in [-0.39, 0.29) is 10.5 Å². The normalized spacial score (nSPS) is 12.4. The fraction of sp³-hybridized carbons (Fsp3) is 0.300. The van der Waals surface area contributed by atoms with E-state index in [9.17, 15) is 18.0 Å². The average Bonchev–Trinajstić information content (AvgIpc) is 2.69. The minimum absolute atomic E-state index is 0.0401. The van der Waals surface area contributed by atoms with Crippen LogP contribution in [0.4, 0.5) is 5.69 Å². The first-order valence-corrected chi connectivity index (χ1v) is 11.1. The molecule has 30 heavy (non-hydrogen) atoms. The van der Waals surface area contributed by atoms with Crippen LogP contribution in [0, 0.1) is 6.92 Å². The molecule has 2 aromatic carbocycles. The summed E-state index contributed by atoms with van der Waals surface area (Å²) in [7, 11) is 0.659. The summed E-state index contributed by atoms with van der Waals surface area (Å²) in [5, 5.41) is 2.62. The van der Waals surface area contributed by atoms with Crippen molar-refractivity contribution in [1.29, 1.82) is 0 Å². The molecule has 0 saturated carbocycles. The highest BCUT2D eigenvalue weighted by Crippen LogP contribution is 2.25. The van der Waals surface area contributed by atoms with Gasteiger partial charge in [0.1, 0.15) is 5.75 Å². The van der Waals surface area contributed by atoms with Crippen molar-refractivity contribution in [3.05, 3.63) is 52.0 Å². The number of methoxy groups -OCH3 is 1. The quantitative estimate of drug-likeness (QED) is 0.588. The number of hydrogen-bond acceptors (Lipinski definition) is 6. The van der Waals surface area contributed by atoms with Crippen LogP contribution in [0.25, 0.3) is 0 Å². The Labute approximate surface area is 184 Å². The van der Waals surface area contributed by atoms with Gasteiger partial charge in [-0.15, -0.1) is 0 Å². The van der Waals surface area contributed by atoms with Gasteiger partial charge in [0.2, 0.25) is 10.0 Å². The maximum absolute atomic E-state index is 12.5. The molecule has 8 nitrogen and oxygen atoms in total. The van der Waals surface area contributed by atoms with E-state index in [0.29, 0.717) is 21.5 Å². The highest BCUT2D eigenvalue weighted by Gasteiger charge is 2.23. The van der Waals surface area contributed by atoms with Crippen LogP contribution in [0.3, 0.4) is 0 Å². The van der Waals surface area contributed by atoms with Gasteiger partial charge in [-0.2, -0.15) is 0 Å². The fourth-order valence-electron chi connectivity index (χ4n) is 2.41. The lowest BCUT2D eigenvalue weighted by atomic mass is 10.2. The molecule has 1 N–H and O–H groups in total. The number of aryl methyl sites for hydroxylation is 1. The molecule has 1 amide bonds.